The van der Waals surface area contributed by atoms with E-state index >= 15 is 0 Å². The number of unbranched alkanes of at least 4 members (excludes halogenated alkanes) is 16. The molecule has 3 N–H and O–H groups in total. The van der Waals surface area contributed by atoms with E-state index in [4.69, 9.17) is 4.74 Å². The summed E-state index contributed by atoms with van der Waals surface area (Å²) < 4.78 is 5.85. The van der Waals surface area contributed by atoms with E-state index in [1.165, 1.54) is 83.5 Å². The monoisotopic (exact) mass is 928 g/mol. The van der Waals surface area contributed by atoms with Crippen LogP contribution in [-0.4, -0.2) is 46.9 Å². The van der Waals surface area contributed by atoms with Gasteiger partial charge in [-0.2, -0.15) is 0 Å². The van der Waals surface area contributed by atoms with Gasteiger partial charge in [-0.1, -0.05) is 245 Å². The van der Waals surface area contributed by atoms with Crippen molar-refractivity contribution in [1.29, 1.82) is 0 Å². The maximum atomic E-state index is 13.2. The van der Waals surface area contributed by atoms with Crippen LogP contribution in [0.1, 0.15) is 226 Å². The Bertz CT molecular complexity index is 1410. The van der Waals surface area contributed by atoms with Crippen molar-refractivity contribution < 1.29 is 24.5 Å². The second kappa shape index (κ2) is 53.2. The largest absolute Gasteiger partial charge is 0.461 e. The number of hydrogen-bond acceptors (Lipinski definition) is 5. The van der Waals surface area contributed by atoms with Crippen LogP contribution in [0.3, 0.4) is 0 Å². The molecule has 0 fully saturated rings. The van der Waals surface area contributed by atoms with Crippen LogP contribution in [0, 0.1) is 0 Å². The predicted molar refractivity (Wildman–Crippen MR) is 291 cm³/mol. The maximum absolute atomic E-state index is 13.2. The summed E-state index contributed by atoms with van der Waals surface area (Å²) in [5.74, 6) is -0.659. The van der Waals surface area contributed by atoms with Crippen molar-refractivity contribution in [2.75, 3.05) is 6.61 Å². The highest BCUT2D eigenvalue weighted by Gasteiger charge is 2.23. The molecule has 0 aliphatic carbocycles. The average molecular weight is 928 g/mol. The third-order valence-electron chi connectivity index (χ3n) is 11.5. The first-order chi connectivity index (χ1) is 33.0. The van der Waals surface area contributed by atoms with E-state index < -0.39 is 18.2 Å². The van der Waals surface area contributed by atoms with Gasteiger partial charge in [-0.25, -0.2) is 0 Å². The molecule has 0 saturated heterocycles. The first-order valence-electron chi connectivity index (χ1n) is 27.3. The molecule has 0 aliphatic rings. The molecule has 6 heteroatoms. The van der Waals surface area contributed by atoms with E-state index in [0.717, 1.165) is 89.9 Å². The SMILES string of the molecule is CC/C=C\C/C=C\C/C=C\C/C=C\C/C=C\CCCC(=O)OC(C/C=C\C/C=C\C/C=C\C/C=C\C/C=C\CC)CC(=O)NC(CO)C(O)CCCCCCCCCCCCCCCCCC. The number of esters is 1. The van der Waals surface area contributed by atoms with E-state index in [-0.39, 0.29) is 31.3 Å². The zero-order chi connectivity index (χ0) is 48.8. The number of carbonyl (C=O) groups is 2. The van der Waals surface area contributed by atoms with Gasteiger partial charge in [0.05, 0.1) is 25.2 Å². The zero-order valence-electron chi connectivity index (χ0n) is 43.2. The molecule has 0 aliphatic heterocycles. The molecule has 1 amide bonds. The molecule has 0 aromatic carbocycles. The van der Waals surface area contributed by atoms with Crippen molar-refractivity contribution in [3.8, 4) is 0 Å². The molecule has 0 radical (unpaired) electrons. The number of allylic oxidation sites excluding steroid dienone is 19. The van der Waals surface area contributed by atoms with Crippen molar-refractivity contribution in [2.45, 2.75) is 244 Å². The average Bonchev–Trinajstić information content (AvgIpc) is 3.32. The Hall–Kier alpha value is -3.74. The Morgan fingerprint density at radius 1 is 0.463 bits per heavy atom. The smallest absolute Gasteiger partial charge is 0.306 e. The van der Waals surface area contributed by atoms with Gasteiger partial charge in [0, 0.05) is 12.8 Å². The number of ether oxygens (including phenoxy) is 1. The van der Waals surface area contributed by atoms with Crippen LogP contribution in [0.15, 0.2) is 122 Å². The van der Waals surface area contributed by atoms with Crippen LogP contribution in [0.5, 0.6) is 0 Å². The molecule has 3 atom stereocenters. The molecule has 0 spiro atoms. The minimum absolute atomic E-state index is 0.0307. The Kier molecular flexibility index (Phi) is 50.2. The summed E-state index contributed by atoms with van der Waals surface area (Å²) in [6.45, 7) is 6.22. The molecule has 0 aromatic rings. The highest BCUT2D eigenvalue weighted by molar-refractivity contribution is 5.77. The molecule has 0 heterocycles. The lowest BCUT2D eigenvalue weighted by Crippen LogP contribution is -2.46. The van der Waals surface area contributed by atoms with Crippen LogP contribution < -0.4 is 5.32 Å². The van der Waals surface area contributed by atoms with E-state index in [9.17, 15) is 19.8 Å². The summed E-state index contributed by atoms with van der Waals surface area (Å²) in [4.78, 5) is 26.2. The Balaban J connectivity index is 4.79. The molecule has 3 unspecified atom stereocenters. The number of amides is 1. The summed E-state index contributed by atoms with van der Waals surface area (Å²) in [5, 5.41) is 23.8. The molecular formula is C61H101NO5. The van der Waals surface area contributed by atoms with Gasteiger partial charge in [-0.15, -0.1) is 0 Å². The Labute approximate surface area is 412 Å². The molecule has 0 saturated carbocycles. The van der Waals surface area contributed by atoms with Crippen molar-refractivity contribution in [1.82, 2.24) is 5.32 Å². The van der Waals surface area contributed by atoms with Crippen molar-refractivity contribution in [2.24, 2.45) is 0 Å². The fraction of sp³-hybridized carbons (Fsp3) is 0.639. The summed E-state index contributed by atoms with van der Waals surface area (Å²) in [5.41, 5.74) is 0. The zero-order valence-corrected chi connectivity index (χ0v) is 43.2. The van der Waals surface area contributed by atoms with Crippen LogP contribution in [-0.2, 0) is 14.3 Å². The van der Waals surface area contributed by atoms with Gasteiger partial charge >= 0.3 is 5.97 Å². The van der Waals surface area contributed by atoms with E-state index in [0.29, 0.717) is 19.3 Å². The number of rotatable bonds is 47. The fourth-order valence-electron chi connectivity index (χ4n) is 7.49. The quantitative estimate of drug-likeness (QED) is 0.0321. The highest BCUT2D eigenvalue weighted by Crippen LogP contribution is 2.16. The highest BCUT2D eigenvalue weighted by atomic mass is 16.5. The third kappa shape index (κ3) is 48.5. The number of aliphatic hydroxyl groups excluding tert-OH is 2. The van der Waals surface area contributed by atoms with Crippen LogP contribution in [0.4, 0.5) is 0 Å². The Morgan fingerprint density at radius 3 is 1.21 bits per heavy atom. The van der Waals surface area contributed by atoms with Gasteiger partial charge in [-0.3, -0.25) is 9.59 Å². The van der Waals surface area contributed by atoms with Gasteiger partial charge in [0.25, 0.3) is 0 Å². The predicted octanol–water partition coefficient (Wildman–Crippen LogP) is 16.8. The van der Waals surface area contributed by atoms with Crippen molar-refractivity contribution in [3.05, 3.63) is 122 Å². The van der Waals surface area contributed by atoms with Gasteiger partial charge in [-0.05, 0) is 83.5 Å². The van der Waals surface area contributed by atoms with Crippen LogP contribution >= 0.6 is 0 Å². The summed E-state index contributed by atoms with van der Waals surface area (Å²) >= 11 is 0. The van der Waals surface area contributed by atoms with E-state index in [2.05, 4.69) is 135 Å². The first kappa shape index (κ1) is 63.3. The summed E-state index contributed by atoms with van der Waals surface area (Å²) in [6, 6.07) is -0.752. The van der Waals surface area contributed by atoms with Crippen LogP contribution in [0.2, 0.25) is 0 Å². The lowest BCUT2D eigenvalue weighted by atomic mass is 10.0. The third-order valence-corrected chi connectivity index (χ3v) is 11.5. The molecule has 67 heavy (non-hydrogen) atoms. The standard InChI is InChI=1S/C61H101NO5/c1-4-7-10-13-16-19-22-25-28-30-33-36-39-42-45-48-51-54-61(66)67-57(52-49-46-43-40-37-34-31-27-24-21-18-15-12-9-6-3)55-60(65)62-58(56-63)59(64)53-50-47-44-41-38-35-32-29-26-23-20-17-14-11-8-5-2/h7,9-10,12,16,18-19,21,25,27-28,31,33,36-37,40,42,45-46,49,57-59,63-64H,4-6,8,11,13-15,17,20,22-24,26,29-30,32,34-35,38-39,41,43-44,47-48,50-56H2,1-3H3,(H,62,65)/b10-7-,12-9-,19-16-,21-18-,28-25-,31-27-,36-33-,40-37-,45-42-,49-46-. The van der Waals surface area contributed by atoms with Crippen LogP contribution in [0.25, 0.3) is 0 Å². The van der Waals surface area contributed by atoms with Crippen molar-refractivity contribution in [3.63, 3.8) is 0 Å². The molecule has 0 rings (SSSR count). The minimum Gasteiger partial charge on any atom is -0.461 e. The number of nitrogens with one attached hydrogen (secondary N) is 1. The molecule has 6 nitrogen and oxygen atoms in total. The van der Waals surface area contributed by atoms with Gasteiger partial charge in [0.1, 0.15) is 6.10 Å². The minimum atomic E-state index is -0.830. The first-order valence-corrected chi connectivity index (χ1v) is 27.3. The number of aliphatic hydroxyl groups is 2. The lowest BCUT2D eigenvalue weighted by Gasteiger charge is -2.24. The summed E-state index contributed by atoms with van der Waals surface area (Å²) in [6.07, 6.45) is 74.2. The second-order valence-corrected chi connectivity index (χ2v) is 17.9. The van der Waals surface area contributed by atoms with Gasteiger partial charge in [0.2, 0.25) is 5.91 Å². The topological polar surface area (TPSA) is 95.9 Å². The molecular weight excluding hydrogens is 827 g/mol. The van der Waals surface area contributed by atoms with Gasteiger partial charge in [0.15, 0.2) is 0 Å². The van der Waals surface area contributed by atoms with Gasteiger partial charge < -0.3 is 20.3 Å². The molecule has 380 valence electrons. The molecule has 0 bridgehead atoms. The maximum Gasteiger partial charge on any atom is 0.306 e. The molecule has 0 aromatic heterocycles. The van der Waals surface area contributed by atoms with E-state index in [1.807, 2.05) is 12.2 Å². The fourth-order valence-corrected chi connectivity index (χ4v) is 7.49. The Morgan fingerprint density at radius 2 is 0.821 bits per heavy atom. The number of carbonyl (C=O) groups excluding carboxylic acids is 2. The normalized spacial score (nSPS) is 14.2. The van der Waals surface area contributed by atoms with E-state index in [1.54, 1.807) is 0 Å². The second-order valence-electron chi connectivity index (χ2n) is 17.9. The number of hydrogen-bond donors (Lipinski definition) is 3. The summed E-state index contributed by atoms with van der Waals surface area (Å²) in [7, 11) is 0. The van der Waals surface area contributed by atoms with Crippen molar-refractivity contribution >= 4 is 11.9 Å². The lowest BCUT2D eigenvalue weighted by molar-refractivity contribution is -0.150.